The van der Waals surface area contributed by atoms with E-state index in [1.807, 2.05) is 24.3 Å². The largest absolute Gasteiger partial charge is 0.497 e. The van der Waals surface area contributed by atoms with Crippen LogP contribution in [-0.2, 0) is 0 Å². The maximum Gasteiger partial charge on any atom is 0.257 e. The molecular weight excluding hydrogens is 355 g/mol. The van der Waals surface area contributed by atoms with Gasteiger partial charge in [0.25, 0.3) is 5.91 Å². The molecule has 0 atom stereocenters. The van der Waals surface area contributed by atoms with Crippen molar-refractivity contribution in [3.8, 4) is 17.2 Å². The molecule has 4 aromatic rings. The second-order valence-corrected chi connectivity index (χ2v) is 6.37. The van der Waals surface area contributed by atoms with Crippen molar-refractivity contribution < 1.29 is 18.3 Å². The maximum atomic E-state index is 12.9. The number of carbonyl (C=O) groups is 1. The van der Waals surface area contributed by atoms with E-state index >= 15 is 0 Å². The summed E-state index contributed by atoms with van der Waals surface area (Å²) in [7, 11) is 1.60. The number of aromatic nitrogens is 1. The predicted molar refractivity (Wildman–Crippen MR) is 98.2 cm³/mol. The van der Waals surface area contributed by atoms with E-state index in [9.17, 15) is 9.18 Å². The van der Waals surface area contributed by atoms with Crippen molar-refractivity contribution in [3.05, 3.63) is 65.3 Å². The van der Waals surface area contributed by atoms with Crippen molar-refractivity contribution >= 4 is 33.3 Å². The van der Waals surface area contributed by atoms with E-state index in [0.29, 0.717) is 33.5 Å². The monoisotopic (exact) mass is 368 g/mol. The minimum absolute atomic E-state index is 0.347. The van der Waals surface area contributed by atoms with Gasteiger partial charge in [-0.05, 0) is 42.5 Å². The number of hydrogen-bond donors (Lipinski definition) is 1. The Labute approximate surface area is 152 Å². The fourth-order valence-electron chi connectivity index (χ4n) is 2.48. The predicted octanol–water partition coefficient (Wildman–Crippen LogP) is 4.96. The van der Waals surface area contributed by atoms with Crippen molar-refractivity contribution in [2.75, 3.05) is 12.4 Å². The summed E-state index contributed by atoms with van der Waals surface area (Å²) in [6.45, 7) is 0. The molecule has 2 heterocycles. The Morgan fingerprint density at radius 1 is 1.19 bits per heavy atom. The van der Waals surface area contributed by atoms with Crippen LogP contribution in [0.25, 0.3) is 22.4 Å². The molecule has 0 saturated carbocycles. The van der Waals surface area contributed by atoms with Gasteiger partial charge in [-0.2, -0.15) is 0 Å². The molecule has 4 rings (SSSR count). The summed E-state index contributed by atoms with van der Waals surface area (Å²) in [4.78, 5) is 16.6. The number of rotatable bonds is 4. The zero-order valence-corrected chi connectivity index (χ0v) is 14.5. The number of thiazole rings is 1. The van der Waals surface area contributed by atoms with Crippen LogP contribution in [0, 0.1) is 5.82 Å². The third kappa shape index (κ3) is 3.16. The van der Waals surface area contributed by atoms with Gasteiger partial charge in [-0.1, -0.05) is 0 Å². The fraction of sp³-hybridized carbons (Fsp3) is 0.0526. The number of benzene rings is 2. The molecule has 0 fully saturated rings. The zero-order valence-electron chi connectivity index (χ0n) is 13.7. The van der Waals surface area contributed by atoms with Gasteiger partial charge in [-0.25, -0.2) is 9.37 Å². The van der Waals surface area contributed by atoms with Crippen molar-refractivity contribution in [1.29, 1.82) is 0 Å². The number of nitrogens with one attached hydrogen (secondary N) is 1. The molecule has 0 spiro atoms. The Morgan fingerprint density at radius 3 is 2.77 bits per heavy atom. The molecule has 2 aromatic carbocycles. The first-order valence-electron chi connectivity index (χ1n) is 7.73. The highest BCUT2D eigenvalue weighted by Crippen LogP contribution is 2.32. The molecule has 0 saturated heterocycles. The van der Waals surface area contributed by atoms with Crippen LogP contribution in [-0.4, -0.2) is 18.0 Å². The van der Waals surface area contributed by atoms with Gasteiger partial charge >= 0.3 is 0 Å². The highest BCUT2D eigenvalue weighted by molar-refractivity contribution is 7.14. The summed E-state index contributed by atoms with van der Waals surface area (Å²) >= 11 is 1.29. The van der Waals surface area contributed by atoms with Gasteiger partial charge in [0.05, 0.1) is 7.11 Å². The molecule has 130 valence electrons. The van der Waals surface area contributed by atoms with Gasteiger partial charge in [-0.15, -0.1) is 11.3 Å². The molecule has 0 unspecified atom stereocenters. The lowest BCUT2D eigenvalue weighted by molar-refractivity contribution is 0.102. The van der Waals surface area contributed by atoms with Gasteiger partial charge in [0.15, 0.2) is 10.9 Å². The topological polar surface area (TPSA) is 64.4 Å². The molecule has 0 aliphatic carbocycles. The van der Waals surface area contributed by atoms with Crippen LogP contribution in [0.3, 0.4) is 0 Å². The van der Waals surface area contributed by atoms with E-state index in [2.05, 4.69) is 10.3 Å². The van der Waals surface area contributed by atoms with E-state index in [1.54, 1.807) is 12.5 Å². The average Bonchev–Trinajstić information content (AvgIpc) is 3.28. The zero-order chi connectivity index (χ0) is 18.1. The highest BCUT2D eigenvalue weighted by Gasteiger charge is 2.13. The second-order valence-electron chi connectivity index (χ2n) is 5.51. The minimum atomic E-state index is -0.389. The Morgan fingerprint density at radius 2 is 2.00 bits per heavy atom. The molecule has 2 aromatic heterocycles. The maximum absolute atomic E-state index is 12.9. The first-order valence-corrected chi connectivity index (χ1v) is 8.61. The molecule has 0 bridgehead atoms. The molecule has 5 nitrogen and oxygen atoms in total. The van der Waals surface area contributed by atoms with Crippen molar-refractivity contribution in [1.82, 2.24) is 4.98 Å². The number of hydrogen-bond acceptors (Lipinski definition) is 5. The van der Waals surface area contributed by atoms with Gasteiger partial charge in [0, 0.05) is 22.4 Å². The number of furan rings is 1. The third-order valence-corrected chi connectivity index (χ3v) is 4.57. The number of anilines is 1. The number of amides is 1. The first-order chi connectivity index (χ1) is 12.6. The van der Waals surface area contributed by atoms with Gasteiger partial charge < -0.3 is 9.15 Å². The van der Waals surface area contributed by atoms with Crippen molar-refractivity contribution in [2.45, 2.75) is 0 Å². The molecule has 0 aliphatic heterocycles. The molecule has 7 heteroatoms. The molecule has 1 amide bonds. The number of carbonyl (C=O) groups excluding carboxylic acids is 1. The van der Waals surface area contributed by atoms with E-state index in [-0.39, 0.29) is 11.7 Å². The number of halogens is 1. The van der Waals surface area contributed by atoms with E-state index in [0.717, 1.165) is 5.39 Å². The molecule has 0 aliphatic rings. The van der Waals surface area contributed by atoms with Crippen LogP contribution >= 0.6 is 11.3 Å². The second kappa shape index (κ2) is 6.61. The number of ether oxygens (including phenoxy) is 1. The summed E-state index contributed by atoms with van der Waals surface area (Å²) in [5, 5.41) is 5.88. The Kier molecular flexibility index (Phi) is 4.14. The smallest absolute Gasteiger partial charge is 0.257 e. The summed E-state index contributed by atoms with van der Waals surface area (Å²) < 4.78 is 24.0. The van der Waals surface area contributed by atoms with Crippen LogP contribution < -0.4 is 10.1 Å². The summed E-state index contributed by atoms with van der Waals surface area (Å²) in [6.07, 6.45) is 0. The standard InChI is InChI=1S/C19H13FN2O3S/c1-24-14-7-4-12-8-17(25-16(12)9-14)15-10-26-19(21-15)22-18(23)11-2-5-13(20)6-3-11/h2-10H,1H3,(H,21,22,23). The van der Waals surface area contributed by atoms with E-state index in [1.165, 1.54) is 35.6 Å². The lowest BCUT2D eigenvalue weighted by Gasteiger charge is -2.01. The Hall–Kier alpha value is -3.19. The van der Waals surface area contributed by atoms with Gasteiger partial charge in [0.2, 0.25) is 0 Å². The van der Waals surface area contributed by atoms with Gasteiger partial charge in [0.1, 0.15) is 22.8 Å². The quantitative estimate of drug-likeness (QED) is 0.553. The number of nitrogens with zero attached hydrogens (tertiary/aromatic N) is 1. The lowest BCUT2D eigenvalue weighted by Crippen LogP contribution is -2.11. The molecule has 1 N–H and O–H groups in total. The van der Waals surface area contributed by atoms with Gasteiger partial charge in [-0.3, -0.25) is 10.1 Å². The lowest BCUT2D eigenvalue weighted by atomic mass is 10.2. The van der Waals surface area contributed by atoms with Crippen LogP contribution in [0.4, 0.5) is 9.52 Å². The summed E-state index contributed by atoms with van der Waals surface area (Å²) in [5.74, 6) is 0.579. The Bertz CT molecular complexity index is 1090. The molecule has 0 radical (unpaired) electrons. The fourth-order valence-corrected chi connectivity index (χ4v) is 3.17. The van der Waals surface area contributed by atoms with E-state index < -0.39 is 0 Å². The Balaban J connectivity index is 1.56. The first kappa shape index (κ1) is 16.3. The van der Waals surface area contributed by atoms with Crippen molar-refractivity contribution in [3.63, 3.8) is 0 Å². The number of methoxy groups -OCH3 is 1. The SMILES string of the molecule is COc1ccc2cc(-c3csc(NC(=O)c4ccc(F)cc4)n3)oc2c1. The minimum Gasteiger partial charge on any atom is -0.497 e. The van der Waals surface area contributed by atoms with Crippen LogP contribution in [0.5, 0.6) is 5.75 Å². The highest BCUT2D eigenvalue weighted by atomic mass is 32.1. The summed E-state index contributed by atoms with van der Waals surface area (Å²) in [5.41, 5.74) is 1.68. The number of fused-ring (bicyclic) bond motifs is 1. The molecule has 26 heavy (non-hydrogen) atoms. The average molecular weight is 368 g/mol. The van der Waals surface area contributed by atoms with Crippen LogP contribution in [0.1, 0.15) is 10.4 Å². The van der Waals surface area contributed by atoms with E-state index in [4.69, 9.17) is 9.15 Å². The molecular formula is C19H13FN2O3S. The summed E-state index contributed by atoms with van der Waals surface area (Å²) in [6, 6.07) is 12.8. The van der Waals surface area contributed by atoms with Crippen LogP contribution in [0.2, 0.25) is 0 Å². The normalized spacial score (nSPS) is 10.8. The van der Waals surface area contributed by atoms with Crippen molar-refractivity contribution in [2.24, 2.45) is 0 Å². The third-order valence-electron chi connectivity index (χ3n) is 3.81. The van der Waals surface area contributed by atoms with Crippen LogP contribution in [0.15, 0.2) is 58.3 Å².